The molecule has 8 heteroatoms. The van der Waals surface area contributed by atoms with Gasteiger partial charge in [0.15, 0.2) is 0 Å². The van der Waals surface area contributed by atoms with Gasteiger partial charge in [-0.25, -0.2) is 12.8 Å². The maximum atomic E-state index is 13.2. The van der Waals surface area contributed by atoms with Crippen molar-refractivity contribution < 1.29 is 17.6 Å². The van der Waals surface area contributed by atoms with Crippen LogP contribution in [-0.2, 0) is 16.4 Å². The van der Waals surface area contributed by atoms with Gasteiger partial charge in [0.05, 0.1) is 4.90 Å². The number of carbonyl (C=O) groups is 1. The number of nitrogens with zero attached hydrogens (tertiary/aromatic N) is 2. The maximum absolute atomic E-state index is 13.2. The molecular weight excluding hydrogens is 441 g/mol. The monoisotopic (exact) mass is 467 g/mol. The lowest BCUT2D eigenvalue weighted by Gasteiger charge is -2.35. The van der Waals surface area contributed by atoms with Gasteiger partial charge in [0.1, 0.15) is 5.82 Å². The zero-order valence-electron chi connectivity index (χ0n) is 18.4. The van der Waals surface area contributed by atoms with Crippen molar-refractivity contribution in [1.29, 1.82) is 0 Å². The third-order valence-electron chi connectivity index (χ3n) is 5.78. The molecule has 0 saturated carbocycles. The summed E-state index contributed by atoms with van der Waals surface area (Å²) in [6, 6.07) is 19.8. The van der Waals surface area contributed by atoms with Crippen molar-refractivity contribution in [2.45, 2.75) is 18.2 Å². The molecule has 0 aliphatic carbocycles. The third kappa shape index (κ3) is 5.23. The number of amides is 1. The van der Waals surface area contributed by atoms with Gasteiger partial charge in [-0.2, -0.15) is 4.31 Å². The van der Waals surface area contributed by atoms with Gasteiger partial charge < -0.3 is 10.2 Å². The van der Waals surface area contributed by atoms with Crippen molar-refractivity contribution in [3.05, 3.63) is 89.7 Å². The fourth-order valence-electron chi connectivity index (χ4n) is 3.81. The van der Waals surface area contributed by atoms with E-state index in [4.69, 9.17) is 0 Å². The van der Waals surface area contributed by atoms with Crippen molar-refractivity contribution in [2.24, 2.45) is 0 Å². The van der Waals surface area contributed by atoms with Crippen molar-refractivity contribution in [2.75, 3.05) is 36.4 Å². The smallest absolute Gasteiger partial charge is 0.255 e. The van der Waals surface area contributed by atoms with Gasteiger partial charge in [-0.3, -0.25) is 4.79 Å². The number of benzene rings is 3. The Kier molecular flexibility index (Phi) is 6.76. The summed E-state index contributed by atoms with van der Waals surface area (Å²) in [4.78, 5) is 14.8. The second kappa shape index (κ2) is 9.72. The first-order chi connectivity index (χ1) is 15.9. The van der Waals surface area contributed by atoms with E-state index in [0.29, 0.717) is 31.9 Å². The summed E-state index contributed by atoms with van der Waals surface area (Å²) in [5.74, 6) is -0.667. The molecule has 6 nitrogen and oxygen atoms in total. The minimum atomic E-state index is -3.75. The van der Waals surface area contributed by atoms with Crippen molar-refractivity contribution in [1.82, 2.24) is 4.31 Å². The van der Waals surface area contributed by atoms with Crippen LogP contribution in [0.4, 0.5) is 15.8 Å². The summed E-state index contributed by atoms with van der Waals surface area (Å²) in [6.07, 6.45) is 0.909. The molecule has 33 heavy (non-hydrogen) atoms. The minimum Gasteiger partial charge on any atom is -0.369 e. The Bertz CT molecular complexity index is 1220. The van der Waals surface area contributed by atoms with Crippen LogP contribution in [0.2, 0.25) is 0 Å². The van der Waals surface area contributed by atoms with Crippen molar-refractivity contribution >= 4 is 27.3 Å². The molecule has 4 rings (SSSR count). The van der Waals surface area contributed by atoms with Crippen LogP contribution in [0.5, 0.6) is 0 Å². The number of hydrogen-bond donors (Lipinski definition) is 1. The van der Waals surface area contributed by atoms with E-state index in [1.807, 2.05) is 29.2 Å². The largest absolute Gasteiger partial charge is 0.369 e. The minimum absolute atomic E-state index is 0.0895. The average molecular weight is 468 g/mol. The first-order valence-electron chi connectivity index (χ1n) is 10.9. The van der Waals surface area contributed by atoms with E-state index in [9.17, 15) is 17.6 Å². The van der Waals surface area contributed by atoms with Gasteiger partial charge >= 0.3 is 0 Å². The molecule has 0 bridgehead atoms. The zero-order valence-corrected chi connectivity index (χ0v) is 19.2. The quantitative estimate of drug-likeness (QED) is 0.591. The number of rotatable bonds is 6. The lowest BCUT2D eigenvalue weighted by Crippen LogP contribution is -2.48. The topological polar surface area (TPSA) is 69.7 Å². The third-order valence-corrected chi connectivity index (χ3v) is 7.68. The number of piperazine rings is 1. The summed E-state index contributed by atoms with van der Waals surface area (Å²) in [5, 5.41) is 2.81. The summed E-state index contributed by atoms with van der Waals surface area (Å²) in [6.45, 7) is 3.67. The number of anilines is 2. The molecule has 0 atom stereocenters. The van der Waals surface area contributed by atoms with Crippen LogP contribution in [0.3, 0.4) is 0 Å². The highest BCUT2D eigenvalue weighted by Crippen LogP contribution is 2.22. The molecule has 172 valence electrons. The van der Waals surface area contributed by atoms with Gasteiger partial charge in [0.2, 0.25) is 10.0 Å². The first kappa shape index (κ1) is 22.9. The summed E-state index contributed by atoms with van der Waals surface area (Å²) < 4.78 is 41.0. The molecule has 0 unspecified atom stereocenters. The standard InChI is InChI=1S/C25H26FN3O3S/c1-2-19-6-10-22(11-7-19)27-25(30)20-4-3-5-24(18-20)33(31,32)29-16-14-28(15-17-29)23-12-8-21(26)9-13-23/h3-13,18H,2,14-17H2,1H3,(H,27,30). The second-order valence-electron chi connectivity index (χ2n) is 7.90. The molecule has 3 aromatic carbocycles. The SMILES string of the molecule is CCc1ccc(NC(=O)c2cccc(S(=O)(=O)N3CCN(c4ccc(F)cc4)CC3)c2)cc1. The number of sulfonamides is 1. The Balaban J connectivity index is 1.44. The maximum Gasteiger partial charge on any atom is 0.255 e. The Hall–Kier alpha value is -3.23. The Morgan fingerprint density at radius 2 is 1.61 bits per heavy atom. The van der Waals surface area contributed by atoms with E-state index in [1.54, 1.807) is 24.3 Å². The molecule has 1 N–H and O–H groups in total. The summed E-state index contributed by atoms with van der Waals surface area (Å²) >= 11 is 0. The fourth-order valence-corrected chi connectivity index (χ4v) is 5.28. The van der Waals surface area contributed by atoms with Crippen LogP contribution in [-0.4, -0.2) is 44.8 Å². The highest BCUT2D eigenvalue weighted by atomic mass is 32.2. The van der Waals surface area contributed by atoms with E-state index in [0.717, 1.165) is 12.1 Å². The predicted octanol–water partition coefficient (Wildman–Crippen LogP) is 4.15. The van der Waals surface area contributed by atoms with Crippen molar-refractivity contribution in [3.8, 4) is 0 Å². The van der Waals surface area contributed by atoms with E-state index in [2.05, 4.69) is 12.2 Å². The fraction of sp³-hybridized carbons (Fsp3) is 0.240. The molecule has 1 amide bonds. The zero-order chi connectivity index (χ0) is 23.4. The molecule has 1 fully saturated rings. The first-order valence-corrected chi connectivity index (χ1v) is 12.3. The summed E-state index contributed by atoms with van der Waals surface area (Å²) in [5.41, 5.74) is 2.96. The number of halogens is 1. The van der Waals surface area contributed by atoms with Crippen LogP contribution in [0.15, 0.2) is 77.7 Å². The van der Waals surface area contributed by atoms with E-state index >= 15 is 0 Å². The van der Waals surface area contributed by atoms with Crippen LogP contribution in [0.1, 0.15) is 22.8 Å². The van der Waals surface area contributed by atoms with Gasteiger partial charge in [0.25, 0.3) is 5.91 Å². The molecule has 3 aromatic rings. The number of hydrogen-bond acceptors (Lipinski definition) is 4. The van der Waals surface area contributed by atoms with Gasteiger partial charge in [0, 0.05) is 43.1 Å². The lowest BCUT2D eigenvalue weighted by atomic mass is 10.1. The number of carbonyl (C=O) groups excluding carboxylic acids is 1. The second-order valence-corrected chi connectivity index (χ2v) is 9.84. The molecule has 1 aliphatic rings. The van der Waals surface area contributed by atoms with Gasteiger partial charge in [-0.15, -0.1) is 0 Å². The van der Waals surface area contributed by atoms with E-state index in [-0.39, 0.29) is 22.2 Å². The van der Waals surface area contributed by atoms with Gasteiger partial charge in [-0.1, -0.05) is 25.1 Å². The van der Waals surface area contributed by atoms with Crippen LogP contribution in [0.25, 0.3) is 0 Å². The normalized spacial score (nSPS) is 14.8. The van der Waals surface area contributed by atoms with Crippen molar-refractivity contribution in [3.63, 3.8) is 0 Å². The highest BCUT2D eigenvalue weighted by Gasteiger charge is 2.29. The van der Waals surface area contributed by atoms with Crippen LogP contribution in [0, 0.1) is 5.82 Å². The lowest BCUT2D eigenvalue weighted by molar-refractivity contribution is 0.102. The van der Waals surface area contributed by atoms with E-state index < -0.39 is 10.0 Å². The molecule has 1 saturated heterocycles. The van der Waals surface area contributed by atoms with Crippen LogP contribution < -0.4 is 10.2 Å². The Morgan fingerprint density at radius 1 is 0.939 bits per heavy atom. The molecule has 0 aromatic heterocycles. The molecule has 1 heterocycles. The molecule has 0 spiro atoms. The van der Waals surface area contributed by atoms with Gasteiger partial charge in [-0.05, 0) is 66.6 Å². The Labute approximate surface area is 193 Å². The predicted molar refractivity (Wildman–Crippen MR) is 128 cm³/mol. The molecule has 1 aliphatic heterocycles. The Morgan fingerprint density at radius 3 is 2.24 bits per heavy atom. The van der Waals surface area contributed by atoms with Crippen LogP contribution >= 0.6 is 0 Å². The van der Waals surface area contributed by atoms with E-state index in [1.165, 1.54) is 34.1 Å². The average Bonchev–Trinajstić information content (AvgIpc) is 2.85. The summed E-state index contributed by atoms with van der Waals surface area (Å²) in [7, 11) is -3.75. The number of nitrogens with one attached hydrogen (secondary N) is 1. The molecular formula is C25H26FN3O3S. The molecule has 0 radical (unpaired) electrons. The highest BCUT2D eigenvalue weighted by molar-refractivity contribution is 7.89. The number of aryl methyl sites for hydroxylation is 1.